The first-order chi connectivity index (χ1) is 8.86. The van der Waals surface area contributed by atoms with Crippen LogP contribution in [0.1, 0.15) is 5.56 Å². The molecule has 1 rings (SSSR count). The summed E-state index contributed by atoms with van der Waals surface area (Å²) in [4.78, 5) is 22.7. The van der Waals surface area contributed by atoms with Crippen LogP contribution in [0.3, 0.4) is 0 Å². The first kappa shape index (κ1) is 15.1. The average molecular weight is 270 g/mol. The van der Waals surface area contributed by atoms with Gasteiger partial charge in [0.05, 0.1) is 0 Å². The quantitative estimate of drug-likeness (QED) is 0.493. The number of benzene rings is 1. The Kier molecular flexibility index (Phi) is 4.25. The summed E-state index contributed by atoms with van der Waals surface area (Å²) in [7, 11) is 1.86. The Morgan fingerprint density at radius 3 is 1.79 bits per heavy atom. The Bertz CT molecular complexity index is 456. The lowest BCUT2D eigenvalue weighted by molar-refractivity contribution is -0.296. The summed E-state index contributed by atoms with van der Waals surface area (Å²) in [5.41, 5.74) is -3.03. The van der Waals surface area contributed by atoms with Gasteiger partial charge >= 0.3 is 17.5 Å². The summed E-state index contributed by atoms with van der Waals surface area (Å²) in [5, 5.41) is 28.8. The molecule has 1 aromatic carbocycles. The van der Waals surface area contributed by atoms with E-state index in [9.17, 15) is 24.9 Å². The zero-order valence-electron chi connectivity index (χ0n) is 10.4. The molecule has 7 nitrogen and oxygen atoms in total. The molecule has 0 amide bonds. The van der Waals surface area contributed by atoms with Crippen LogP contribution in [-0.2, 0) is 24.8 Å². The smallest absolute Gasteiger partial charge is 0.354 e. The van der Waals surface area contributed by atoms with Gasteiger partial charge in [-0.05, 0) is 0 Å². The molecule has 0 aromatic heterocycles. The number of aliphatic hydroxyl groups is 1. The molecule has 0 aliphatic carbocycles. The van der Waals surface area contributed by atoms with Gasteiger partial charge in [0.25, 0.3) is 0 Å². The molecule has 1 unspecified atom stereocenters. The largest absolute Gasteiger partial charge is 0.478 e. The van der Waals surface area contributed by atoms with E-state index in [1.165, 1.54) is 24.3 Å². The van der Waals surface area contributed by atoms with E-state index < -0.39 is 23.3 Å². The molecule has 1 aromatic rings. The third-order valence-electron chi connectivity index (χ3n) is 2.85. The third-order valence-corrected chi connectivity index (χ3v) is 2.85. The van der Waals surface area contributed by atoms with Crippen molar-refractivity contribution in [2.45, 2.75) is 11.4 Å². The van der Waals surface area contributed by atoms with Crippen molar-refractivity contribution in [1.82, 2.24) is 0 Å². The maximum Gasteiger partial charge on any atom is 0.354 e. The lowest BCUT2D eigenvalue weighted by Crippen LogP contribution is -2.64. The zero-order valence-corrected chi connectivity index (χ0v) is 10.4. The second kappa shape index (κ2) is 5.35. The van der Waals surface area contributed by atoms with Crippen LogP contribution in [0.4, 0.5) is 0 Å². The summed E-state index contributed by atoms with van der Waals surface area (Å²) in [6.07, 6.45) is 0. The van der Waals surface area contributed by atoms with Crippen molar-refractivity contribution in [2.24, 2.45) is 0 Å². The Balaban J connectivity index is 3.56. The van der Waals surface area contributed by atoms with E-state index in [0.717, 1.165) is 14.2 Å². The van der Waals surface area contributed by atoms with Gasteiger partial charge in [-0.15, -0.1) is 0 Å². The van der Waals surface area contributed by atoms with Gasteiger partial charge < -0.3 is 24.8 Å². The van der Waals surface area contributed by atoms with Crippen LogP contribution in [0.25, 0.3) is 0 Å². The van der Waals surface area contributed by atoms with Crippen molar-refractivity contribution in [3.05, 3.63) is 35.9 Å². The van der Waals surface area contributed by atoms with Crippen molar-refractivity contribution >= 4 is 11.9 Å². The number of carboxylic acids is 2. The van der Waals surface area contributed by atoms with Crippen LogP contribution >= 0.6 is 0 Å². The Morgan fingerprint density at radius 1 is 1.00 bits per heavy atom. The molecule has 1 atom stereocenters. The van der Waals surface area contributed by atoms with Gasteiger partial charge in [0.1, 0.15) is 0 Å². The molecule has 0 saturated carbocycles. The van der Waals surface area contributed by atoms with Crippen LogP contribution in [-0.4, -0.2) is 47.1 Å². The fourth-order valence-corrected chi connectivity index (χ4v) is 1.82. The summed E-state index contributed by atoms with van der Waals surface area (Å²) < 4.78 is 9.37. The highest BCUT2D eigenvalue weighted by Gasteiger charge is 2.65. The van der Waals surface area contributed by atoms with Gasteiger partial charge in [0.15, 0.2) is 0 Å². The van der Waals surface area contributed by atoms with Gasteiger partial charge in [0.2, 0.25) is 5.79 Å². The third kappa shape index (κ3) is 2.07. The van der Waals surface area contributed by atoms with Crippen molar-refractivity contribution in [2.75, 3.05) is 14.2 Å². The predicted molar refractivity (Wildman–Crippen MR) is 62.4 cm³/mol. The number of hydrogen-bond donors (Lipinski definition) is 3. The van der Waals surface area contributed by atoms with Gasteiger partial charge in [-0.3, -0.25) is 0 Å². The summed E-state index contributed by atoms with van der Waals surface area (Å²) in [6, 6.07) is 7.30. The fraction of sp³-hybridized carbons (Fsp3) is 0.333. The second-order valence-electron chi connectivity index (χ2n) is 3.71. The maximum absolute atomic E-state index is 11.3. The Hall–Kier alpha value is -1.96. The summed E-state index contributed by atoms with van der Waals surface area (Å²) in [5.74, 6) is -6.44. The number of methoxy groups -OCH3 is 2. The number of ether oxygens (including phenoxy) is 2. The molecule has 19 heavy (non-hydrogen) atoms. The van der Waals surface area contributed by atoms with E-state index in [2.05, 4.69) is 4.74 Å². The number of rotatable bonds is 6. The standard InChI is InChI=1S/C12H14O7/c1-18-11(9(13)14,10(15)16)12(17,19-2)8-6-4-3-5-7-8/h3-7,17H,1-2H3,(H,13,14)(H,15,16). The SMILES string of the molecule is COC(C(=O)O)(C(=O)O)C(O)(OC)c1ccccc1. The molecule has 0 saturated heterocycles. The normalized spacial score (nSPS) is 14.7. The summed E-state index contributed by atoms with van der Waals surface area (Å²) in [6.45, 7) is 0. The molecule has 0 fully saturated rings. The van der Waals surface area contributed by atoms with Gasteiger partial charge in [-0.2, -0.15) is 0 Å². The van der Waals surface area contributed by atoms with Gasteiger partial charge in [-0.1, -0.05) is 30.3 Å². The molecular formula is C12H14O7. The number of carboxylic acid groups (broad SMARTS) is 2. The van der Waals surface area contributed by atoms with Crippen LogP contribution in [0.5, 0.6) is 0 Å². The van der Waals surface area contributed by atoms with Gasteiger partial charge in [0, 0.05) is 19.8 Å². The molecular weight excluding hydrogens is 256 g/mol. The Morgan fingerprint density at radius 2 is 1.47 bits per heavy atom. The van der Waals surface area contributed by atoms with Crippen LogP contribution in [0, 0.1) is 0 Å². The zero-order chi connectivity index (χ0) is 14.7. The van der Waals surface area contributed by atoms with E-state index >= 15 is 0 Å². The minimum Gasteiger partial charge on any atom is -0.478 e. The summed E-state index contributed by atoms with van der Waals surface area (Å²) >= 11 is 0. The van der Waals surface area contributed by atoms with E-state index in [-0.39, 0.29) is 5.56 Å². The maximum atomic E-state index is 11.3. The topological polar surface area (TPSA) is 113 Å². The van der Waals surface area contributed by atoms with E-state index in [0.29, 0.717) is 0 Å². The van der Waals surface area contributed by atoms with Crippen molar-refractivity contribution < 1.29 is 34.4 Å². The molecule has 7 heteroatoms. The van der Waals surface area contributed by atoms with Crippen LogP contribution < -0.4 is 0 Å². The van der Waals surface area contributed by atoms with E-state index in [1.807, 2.05) is 0 Å². The van der Waals surface area contributed by atoms with Crippen LogP contribution in [0.15, 0.2) is 30.3 Å². The fourth-order valence-electron chi connectivity index (χ4n) is 1.82. The highest BCUT2D eigenvalue weighted by Crippen LogP contribution is 2.37. The van der Waals surface area contributed by atoms with E-state index in [4.69, 9.17) is 4.74 Å². The van der Waals surface area contributed by atoms with Crippen molar-refractivity contribution in [3.8, 4) is 0 Å². The Labute approximate surface area is 109 Å². The van der Waals surface area contributed by atoms with Crippen molar-refractivity contribution in [3.63, 3.8) is 0 Å². The number of aliphatic carboxylic acids is 2. The molecule has 0 heterocycles. The first-order valence-electron chi connectivity index (χ1n) is 5.21. The van der Waals surface area contributed by atoms with Crippen molar-refractivity contribution in [1.29, 1.82) is 0 Å². The average Bonchev–Trinajstić information content (AvgIpc) is 2.39. The molecule has 3 N–H and O–H groups in total. The van der Waals surface area contributed by atoms with Crippen LogP contribution in [0.2, 0.25) is 0 Å². The molecule has 0 bridgehead atoms. The van der Waals surface area contributed by atoms with Gasteiger partial charge in [-0.25, -0.2) is 9.59 Å². The number of carbonyl (C=O) groups is 2. The lowest BCUT2D eigenvalue weighted by Gasteiger charge is -2.38. The molecule has 0 aliphatic heterocycles. The highest BCUT2D eigenvalue weighted by molar-refractivity contribution is 6.03. The molecule has 104 valence electrons. The minimum atomic E-state index is -2.98. The number of hydrogen-bond acceptors (Lipinski definition) is 5. The van der Waals surface area contributed by atoms with E-state index in [1.54, 1.807) is 6.07 Å². The molecule has 0 aliphatic rings. The highest BCUT2D eigenvalue weighted by atomic mass is 16.7. The molecule has 0 radical (unpaired) electrons. The minimum absolute atomic E-state index is 0.0517. The monoisotopic (exact) mass is 270 g/mol. The lowest BCUT2D eigenvalue weighted by atomic mass is 9.86. The second-order valence-corrected chi connectivity index (χ2v) is 3.71. The molecule has 0 spiro atoms. The first-order valence-corrected chi connectivity index (χ1v) is 5.21. The predicted octanol–water partition coefficient (Wildman–Crippen LogP) is 0.0325.